The van der Waals surface area contributed by atoms with E-state index in [2.05, 4.69) is 0 Å². The molecule has 0 atom stereocenters. The van der Waals surface area contributed by atoms with Crippen LogP contribution in [0.4, 0.5) is 0 Å². The molecule has 138 valence electrons. The molecule has 3 aromatic rings. The Labute approximate surface area is 155 Å². The highest BCUT2D eigenvalue weighted by molar-refractivity contribution is 5.96. The molecule has 0 saturated carbocycles. The molecule has 6 nitrogen and oxygen atoms in total. The van der Waals surface area contributed by atoms with Gasteiger partial charge in [-0.1, -0.05) is 18.2 Å². The molecular formula is C21H20N2O4. The average Bonchev–Trinajstić information content (AvgIpc) is 2.69. The van der Waals surface area contributed by atoms with Gasteiger partial charge in [0.25, 0.3) is 11.5 Å². The summed E-state index contributed by atoms with van der Waals surface area (Å²) in [4.78, 5) is 38.6. The van der Waals surface area contributed by atoms with E-state index in [0.717, 1.165) is 23.8 Å². The maximum atomic E-state index is 12.8. The lowest BCUT2D eigenvalue weighted by Gasteiger charge is -2.32. The zero-order chi connectivity index (χ0) is 19.0. The van der Waals surface area contributed by atoms with Crippen molar-refractivity contribution in [1.29, 1.82) is 0 Å². The van der Waals surface area contributed by atoms with Crippen LogP contribution in [-0.2, 0) is 7.05 Å². The van der Waals surface area contributed by atoms with Gasteiger partial charge < -0.3 is 13.9 Å². The van der Waals surface area contributed by atoms with Crippen LogP contribution in [0, 0.1) is 0 Å². The molecule has 27 heavy (non-hydrogen) atoms. The third-order valence-corrected chi connectivity index (χ3v) is 5.25. The van der Waals surface area contributed by atoms with Crippen LogP contribution >= 0.6 is 0 Å². The molecule has 1 fully saturated rings. The number of rotatable bonds is 2. The van der Waals surface area contributed by atoms with Crippen molar-refractivity contribution in [2.24, 2.45) is 7.05 Å². The quantitative estimate of drug-likeness (QED) is 0.655. The number of benzene rings is 1. The maximum Gasteiger partial charge on any atom is 0.349 e. The molecule has 0 aliphatic carbocycles. The molecule has 1 saturated heterocycles. The highest BCUT2D eigenvalue weighted by Crippen LogP contribution is 2.27. The van der Waals surface area contributed by atoms with E-state index in [4.69, 9.17) is 4.42 Å². The van der Waals surface area contributed by atoms with Crippen LogP contribution in [0.3, 0.4) is 0 Å². The number of pyridine rings is 1. The Hall–Kier alpha value is -3.15. The lowest BCUT2D eigenvalue weighted by Crippen LogP contribution is -2.39. The standard InChI is InChI=1S/C21H20N2O4/c1-22-9-6-15(13-19(22)24)14-7-10-23(11-8-14)20(25)17-12-16-4-2-3-5-18(16)27-21(17)26/h2-6,9,12-14H,7-8,10-11H2,1H3. The lowest BCUT2D eigenvalue weighted by atomic mass is 9.90. The first kappa shape index (κ1) is 17.3. The van der Waals surface area contributed by atoms with Gasteiger partial charge in [0, 0.05) is 37.8 Å². The topological polar surface area (TPSA) is 72.5 Å². The fraction of sp³-hybridized carbons (Fsp3) is 0.286. The molecule has 1 amide bonds. The van der Waals surface area contributed by atoms with Crippen molar-refractivity contribution in [3.05, 3.63) is 80.6 Å². The third-order valence-electron chi connectivity index (χ3n) is 5.25. The SMILES string of the molecule is Cn1ccc(C2CCN(C(=O)c3cc4ccccc4oc3=O)CC2)cc1=O. The van der Waals surface area contributed by atoms with E-state index in [1.807, 2.05) is 18.2 Å². The molecule has 4 rings (SSSR count). The Morgan fingerprint density at radius 3 is 2.56 bits per heavy atom. The van der Waals surface area contributed by atoms with Crippen molar-refractivity contribution >= 4 is 16.9 Å². The van der Waals surface area contributed by atoms with E-state index in [9.17, 15) is 14.4 Å². The van der Waals surface area contributed by atoms with Crippen LogP contribution in [0.25, 0.3) is 11.0 Å². The first-order valence-corrected chi connectivity index (χ1v) is 9.01. The van der Waals surface area contributed by atoms with E-state index in [1.54, 1.807) is 47.0 Å². The molecule has 0 unspecified atom stereocenters. The monoisotopic (exact) mass is 364 g/mol. The highest BCUT2D eigenvalue weighted by Gasteiger charge is 2.26. The van der Waals surface area contributed by atoms with Gasteiger partial charge in [-0.05, 0) is 42.5 Å². The Morgan fingerprint density at radius 1 is 1.07 bits per heavy atom. The number of hydrogen-bond acceptors (Lipinski definition) is 4. The number of hydrogen-bond donors (Lipinski definition) is 0. The van der Waals surface area contributed by atoms with Gasteiger partial charge >= 0.3 is 5.63 Å². The normalized spacial score (nSPS) is 15.2. The van der Waals surface area contributed by atoms with Gasteiger partial charge in [0.2, 0.25) is 0 Å². The smallest absolute Gasteiger partial charge is 0.349 e. The molecule has 1 aromatic carbocycles. The summed E-state index contributed by atoms with van der Waals surface area (Å²) >= 11 is 0. The summed E-state index contributed by atoms with van der Waals surface area (Å²) in [5.74, 6) is -0.0482. The second kappa shape index (κ2) is 6.87. The number of amides is 1. The van der Waals surface area contributed by atoms with Crippen molar-refractivity contribution < 1.29 is 9.21 Å². The molecule has 1 aliphatic heterocycles. The van der Waals surface area contributed by atoms with E-state index >= 15 is 0 Å². The zero-order valence-corrected chi connectivity index (χ0v) is 15.1. The van der Waals surface area contributed by atoms with E-state index in [0.29, 0.717) is 18.7 Å². The van der Waals surface area contributed by atoms with Gasteiger partial charge in [-0.3, -0.25) is 9.59 Å². The second-order valence-electron chi connectivity index (χ2n) is 6.96. The number of carbonyl (C=O) groups is 1. The first-order valence-electron chi connectivity index (χ1n) is 9.01. The Kier molecular flexibility index (Phi) is 4.39. The first-order chi connectivity index (χ1) is 13.0. The molecule has 6 heteroatoms. The predicted molar refractivity (Wildman–Crippen MR) is 102 cm³/mol. The van der Waals surface area contributed by atoms with Crippen LogP contribution in [0.2, 0.25) is 0 Å². The predicted octanol–water partition coefficient (Wildman–Crippen LogP) is 2.51. The average molecular weight is 364 g/mol. The van der Waals surface area contributed by atoms with Gasteiger partial charge in [-0.2, -0.15) is 0 Å². The van der Waals surface area contributed by atoms with Crippen molar-refractivity contribution in [2.45, 2.75) is 18.8 Å². The molecule has 0 radical (unpaired) electrons. The highest BCUT2D eigenvalue weighted by atomic mass is 16.4. The Balaban J connectivity index is 1.52. The Morgan fingerprint density at radius 2 is 1.81 bits per heavy atom. The summed E-state index contributed by atoms with van der Waals surface area (Å²) in [6, 6.07) is 12.4. The minimum absolute atomic E-state index is 0.0280. The number of aromatic nitrogens is 1. The summed E-state index contributed by atoms with van der Waals surface area (Å²) < 4.78 is 6.82. The second-order valence-corrected chi connectivity index (χ2v) is 6.96. The molecule has 0 N–H and O–H groups in total. The number of para-hydroxylation sites is 1. The fourth-order valence-corrected chi connectivity index (χ4v) is 3.62. The van der Waals surface area contributed by atoms with Gasteiger partial charge in [0.05, 0.1) is 0 Å². The van der Waals surface area contributed by atoms with Crippen molar-refractivity contribution in [3.8, 4) is 0 Å². The number of likely N-dealkylation sites (tertiary alicyclic amines) is 1. The van der Waals surface area contributed by atoms with Crippen LogP contribution < -0.4 is 11.2 Å². The van der Waals surface area contributed by atoms with Gasteiger partial charge in [-0.15, -0.1) is 0 Å². The Bertz CT molecular complexity index is 1120. The third kappa shape index (κ3) is 3.30. The molecule has 3 heterocycles. The molecule has 2 aromatic heterocycles. The van der Waals surface area contributed by atoms with Gasteiger partial charge in [0.1, 0.15) is 11.1 Å². The van der Waals surface area contributed by atoms with Crippen LogP contribution in [-0.4, -0.2) is 28.5 Å². The van der Waals surface area contributed by atoms with Gasteiger partial charge in [-0.25, -0.2) is 4.79 Å². The van der Waals surface area contributed by atoms with E-state index in [1.165, 1.54) is 0 Å². The molecule has 1 aliphatic rings. The van der Waals surface area contributed by atoms with Crippen molar-refractivity contribution in [1.82, 2.24) is 9.47 Å². The minimum Gasteiger partial charge on any atom is -0.422 e. The summed E-state index contributed by atoms with van der Waals surface area (Å²) in [7, 11) is 1.72. The van der Waals surface area contributed by atoms with Crippen molar-refractivity contribution in [3.63, 3.8) is 0 Å². The summed E-state index contributed by atoms with van der Waals surface area (Å²) in [5.41, 5.74) is 0.923. The molecular weight excluding hydrogens is 344 g/mol. The number of aryl methyl sites for hydroxylation is 1. The summed E-state index contributed by atoms with van der Waals surface area (Å²) in [6.07, 6.45) is 3.30. The van der Waals surface area contributed by atoms with Crippen LogP contribution in [0.15, 0.2) is 62.7 Å². The lowest BCUT2D eigenvalue weighted by molar-refractivity contribution is 0.0709. The summed E-state index contributed by atoms with van der Waals surface area (Å²) in [6.45, 7) is 1.09. The molecule has 0 bridgehead atoms. The van der Waals surface area contributed by atoms with Crippen LogP contribution in [0.1, 0.15) is 34.7 Å². The fourth-order valence-electron chi connectivity index (χ4n) is 3.62. The van der Waals surface area contributed by atoms with E-state index in [-0.39, 0.29) is 22.9 Å². The van der Waals surface area contributed by atoms with Crippen molar-refractivity contribution in [2.75, 3.05) is 13.1 Å². The number of nitrogens with zero attached hydrogens (tertiary/aromatic N) is 2. The number of fused-ring (bicyclic) bond motifs is 1. The summed E-state index contributed by atoms with van der Waals surface area (Å²) in [5, 5.41) is 0.732. The number of piperidine rings is 1. The zero-order valence-electron chi connectivity index (χ0n) is 15.1. The maximum absolute atomic E-state index is 12.8. The number of carbonyl (C=O) groups excluding carboxylic acids is 1. The van der Waals surface area contributed by atoms with Crippen LogP contribution in [0.5, 0.6) is 0 Å². The largest absolute Gasteiger partial charge is 0.422 e. The molecule has 0 spiro atoms. The minimum atomic E-state index is -0.604. The van der Waals surface area contributed by atoms with Gasteiger partial charge in [0.15, 0.2) is 0 Å². The van der Waals surface area contributed by atoms with E-state index < -0.39 is 5.63 Å².